The van der Waals surface area contributed by atoms with Crippen molar-refractivity contribution < 1.29 is 5.11 Å². The molecule has 0 saturated carbocycles. The number of hydrogen-bond acceptors (Lipinski definition) is 3. The molecule has 0 spiro atoms. The van der Waals surface area contributed by atoms with Gasteiger partial charge in [0.25, 0.3) is 0 Å². The van der Waals surface area contributed by atoms with Crippen LogP contribution in [0.4, 0.5) is 5.69 Å². The first-order valence-electron chi connectivity index (χ1n) is 5.45. The van der Waals surface area contributed by atoms with Crippen molar-refractivity contribution in [1.82, 2.24) is 5.32 Å². The zero-order valence-corrected chi connectivity index (χ0v) is 9.25. The maximum Gasteiger partial charge on any atom is 0.142 e. The Bertz CT molecular complexity index is 374. The van der Waals surface area contributed by atoms with Crippen molar-refractivity contribution in [3.63, 3.8) is 0 Å². The molecule has 1 atom stereocenters. The molecule has 0 radical (unpaired) electrons. The lowest BCUT2D eigenvalue weighted by Gasteiger charge is -2.30. The molecule has 15 heavy (non-hydrogen) atoms. The van der Waals surface area contributed by atoms with Crippen LogP contribution < -0.4 is 11.1 Å². The van der Waals surface area contributed by atoms with E-state index >= 15 is 0 Å². The molecule has 1 aromatic carbocycles. The summed E-state index contributed by atoms with van der Waals surface area (Å²) in [5.41, 5.74) is 8.40. The van der Waals surface area contributed by atoms with Crippen LogP contribution in [0.2, 0.25) is 0 Å². The standard InChI is InChI=1S/C12H18N2O/c1-7(2)11-8-3-4-10(13)12(15)9(8)5-6-14-11/h3-4,7,11,14-15H,5-6,13H2,1-2H3. The summed E-state index contributed by atoms with van der Waals surface area (Å²) < 4.78 is 0. The van der Waals surface area contributed by atoms with Crippen LogP contribution in [0.5, 0.6) is 5.75 Å². The van der Waals surface area contributed by atoms with E-state index in [1.807, 2.05) is 6.07 Å². The zero-order chi connectivity index (χ0) is 11.0. The predicted octanol–water partition coefficient (Wildman–Crippen LogP) is 1.82. The summed E-state index contributed by atoms with van der Waals surface area (Å²) in [6.45, 7) is 5.27. The highest BCUT2D eigenvalue weighted by Crippen LogP contribution is 2.36. The summed E-state index contributed by atoms with van der Waals surface area (Å²) >= 11 is 0. The average Bonchev–Trinajstić information content (AvgIpc) is 2.23. The molecule has 0 aliphatic carbocycles. The fraction of sp³-hybridized carbons (Fsp3) is 0.500. The van der Waals surface area contributed by atoms with Crippen molar-refractivity contribution in [2.24, 2.45) is 5.92 Å². The highest BCUT2D eigenvalue weighted by molar-refractivity contribution is 5.59. The van der Waals surface area contributed by atoms with Crippen molar-refractivity contribution in [2.45, 2.75) is 26.3 Å². The first-order valence-corrected chi connectivity index (χ1v) is 5.45. The van der Waals surface area contributed by atoms with Crippen molar-refractivity contribution in [3.8, 4) is 5.75 Å². The number of aromatic hydroxyl groups is 1. The van der Waals surface area contributed by atoms with E-state index in [1.165, 1.54) is 5.56 Å². The minimum Gasteiger partial charge on any atom is -0.505 e. The van der Waals surface area contributed by atoms with Gasteiger partial charge in [0.1, 0.15) is 5.75 Å². The lowest BCUT2D eigenvalue weighted by molar-refractivity contribution is 0.385. The number of anilines is 1. The molecule has 0 saturated heterocycles. The summed E-state index contributed by atoms with van der Waals surface area (Å²) in [6.07, 6.45) is 0.857. The number of nitrogens with one attached hydrogen (secondary N) is 1. The molecule has 1 aliphatic rings. The Kier molecular flexibility index (Phi) is 2.57. The van der Waals surface area contributed by atoms with Crippen LogP contribution in [0.1, 0.15) is 31.0 Å². The third kappa shape index (κ3) is 1.67. The van der Waals surface area contributed by atoms with Gasteiger partial charge in [-0.05, 0) is 30.5 Å². The molecule has 0 amide bonds. The highest BCUT2D eigenvalue weighted by Gasteiger charge is 2.24. The Labute approximate surface area is 90.3 Å². The normalized spacial score (nSPS) is 20.3. The Morgan fingerprint density at radius 1 is 1.47 bits per heavy atom. The molecular formula is C12H18N2O. The summed E-state index contributed by atoms with van der Waals surface area (Å²) in [7, 11) is 0. The average molecular weight is 206 g/mol. The number of nitrogen functional groups attached to an aromatic ring is 1. The first-order chi connectivity index (χ1) is 7.11. The minimum absolute atomic E-state index is 0.277. The predicted molar refractivity (Wildman–Crippen MR) is 61.8 cm³/mol. The van der Waals surface area contributed by atoms with Crippen molar-refractivity contribution in [1.29, 1.82) is 0 Å². The van der Waals surface area contributed by atoms with Crippen molar-refractivity contribution in [2.75, 3.05) is 12.3 Å². The van der Waals surface area contributed by atoms with Gasteiger partial charge < -0.3 is 16.2 Å². The quantitative estimate of drug-likeness (QED) is 0.485. The molecule has 3 heteroatoms. The first kappa shape index (κ1) is 10.3. The van der Waals surface area contributed by atoms with E-state index in [-0.39, 0.29) is 5.75 Å². The number of rotatable bonds is 1. The summed E-state index contributed by atoms with van der Waals surface area (Å²) in [4.78, 5) is 0. The van der Waals surface area contributed by atoms with E-state index in [2.05, 4.69) is 19.2 Å². The van der Waals surface area contributed by atoms with Crippen molar-refractivity contribution in [3.05, 3.63) is 23.3 Å². The largest absolute Gasteiger partial charge is 0.505 e. The minimum atomic E-state index is 0.277. The van der Waals surface area contributed by atoms with E-state index in [1.54, 1.807) is 6.07 Å². The van der Waals surface area contributed by atoms with Crippen molar-refractivity contribution >= 4 is 5.69 Å². The van der Waals surface area contributed by atoms with Crippen LogP contribution in [-0.4, -0.2) is 11.7 Å². The van der Waals surface area contributed by atoms with E-state index in [0.29, 0.717) is 17.6 Å². The van der Waals surface area contributed by atoms with Crippen LogP contribution in [0, 0.1) is 5.92 Å². The Hall–Kier alpha value is -1.22. The lowest BCUT2D eigenvalue weighted by Crippen LogP contribution is -2.33. The number of nitrogens with two attached hydrogens (primary N) is 1. The van der Waals surface area contributed by atoms with Crippen LogP contribution in [0.3, 0.4) is 0 Å². The van der Waals surface area contributed by atoms with Gasteiger partial charge in [0, 0.05) is 11.6 Å². The number of fused-ring (bicyclic) bond motifs is 1. The highest BCUT2D eigenvalue weighted by atomic mass is 16.3. The number of phenols is 1. The van der Waals surface area contributed by atoms with Crippen LogP contribution >= 0.6 is 0 Å². The Morgan fingerprint density at radius 2 is 2.20 bits per heavy atom. The second-order valence-corrected chi connectivity index (χ2v) is 4.50. The molecule has 2 rings (SSSR count). The number of hydrogen-bond donors (Lipinski definition) is 3. The fourth-order valence-electron chi connectivity index (χ4n) is 2.28. The molecular weight excluding hydrogens is 188 g/mol. The Balaban J connectivity index is 2.49. The molecule has 82 valence electrons. The monoisotopic (exact) mass is 206 g/mol. The van der Waals surface area contributed by atoms with Gasteiger partial charge in [0.2, 0.25) is 0 Å². The maximum atomic E-state index is 9.89. The molecule has 1 heterocycles. The second-order valence-electron chi connectivity index (χ2n) is 4.50. The maximum absolute atomic E-state index is 9.89. The van der Waals surface area contributed by atoms with Gasteiger partial charge in [-0.15, -0.1) is 0 Å². The smallest absolute Gasteiger partial charge is 0.142 e. The van der Waals surface area contributed by atoms with Crippen LogP contribution in [-0.2, 0) is 6.42 Å². The lowest BCUT2D eigenvalue weighted by atomic mass is 9.87. The third-order valence-corrected chi connectivity index (χ3v) is 3.09. The topological polar surface area (TPSA) is 58.3 Å². The number of benzene rings is 1. The Morgan fingerprint density at radius 3 is 2.87 bits per heavy atom. The van der Waals surface area contributed by atoms with Crippen LogP contribution in [0.15, 0.2) is 12.1 Å². The number of phenolic OH excluding ortho intramolecular Hbond substituents is 1. The molecule has 0 fully saturated rings. The van der Waals surface area contributed by atoms with Gasteiger partial charge in [-0.2, -0.15) is 0 Å². The van der Waals surface area contributed by atoms with Crippen LogP contribution in [0.25, 0.3) is 0 Å². The molecule has 0 bridgehead atoms. The van der Waals surface area contributed by atoms with E-state index in [0.717, 1.165) is 18.5 Å². The SMILES string of the molecule is CC(C)C1NCCc2c1ccc(N)c2O. The molecule has 4 N–H and O–H groups in total. The van der Waals surface area contributed by atoms with E-state index < -0.39 is 0 Å². The van der Waals surface area contributed by atoms with Gasteiger partial charge in [0.15, 0.2) is 0 Å². The molecule has 1 unspecified atom stereocenters. The molecule has 0 aromatic heterocycles. The van der Waals surface area contributed by atoms with Gasteiger partial charge in [0.05, 0.1) is 5.69 Å². The molecule has 1 aliphatic heterocycles. The molecule has 3 nitrogen and oxygen atoms in total. The summed E-state index contributed by atoms with van der Waals surface area (Å²) in [5, 5.41) is 13.4. The van der Waals surface area contributed by atoms with Gasteiger partial charge in [-0.1, -0.05) is 19.9 Å². The van der Waals surface area contributed by atoms with E-state index in [9.17, 15) is 5.11 Å². The third-order valence-electron chi connectivity index (χ3n) is 3.09. The summed E-state index contributed by atoms with van der Waals surface area (Å²) in [5.74, 6) is 0.798. The molecule has 1 aromatic rings. The zero-order valence-electron chi connectivity index (χ0n) is 9.25. The second kappa shape index (κ2) is 3.74. The van der Waals surface area contributed by atoms with E-state index in [4.69, 9.17) is 5.73 Å². The fourth-order valence-corrected chi connectivity index (χ4v) is 2.28. The van der Waals surface area contributed by atoms with Gasteiger partial charge in [-0.3, -0.25) is 0 Å². The van der Waals surface area contributed by atoms with Gasteiger partial charge in [-0.25, -0.2) is 0 Å². The summed E-state index contributed by atoms with van der Waals surface area (Å²) in [6, 6.07) is 4.15. The van der Waals surface area contributed by atoms with Gasteiger partial charge >= 0.3 is 0 Å².